The van der Waals surface area contributed by atoms with Gasteiger partial charge in [-0.15, -0.1) is 11.3 Å². The molecule has 26 heavy (non-hydrogen) atoms. The number of carbonyl (C=O) groups is 3. The summed E-state index contributed by atoms with van der Waals surface area (Å²) in [5, 5.41) is 17.0. The Bertz CT molecular complexity index is 890. The summed E-state index contributed by atoms with van der Waals surface area (Å²) in [5.74, 6) is -2.64. The average molecular weight is 373 g/mol. The minimum atomic E-state index is -0.947. The maximum Gasteiger partial charge on any atom is 0.307 e. The molecule has 0 spiro atoms. The highest BCUT2D eigenvalue weighted by Crippen LogP contribution is 2.58. The molecule has 2 atom stereocenters. The summed E-state index contributed by atoms with van der Waals surface area (Å²) >= 11 is 1.31. The molecule has 1 aliphatic carbocycles. The fourth-order valence-corrected chi connectivity index (χ4v) is 3.94. The van der Waals surface area contributed by atoms with Crippen molar-refractivity contribution in [1.82, 2.24) is 4.98 Å². The van der Waals surface area contributed by atoms with E-state index in [1.54, 1.807) is 32.0 Å². The standard InChI is InChI=1S/C18H19N3O4S/c1-9(22)19-17-21-12(8-26-17)10-5-4-6-11(7-10)20-15(23)13-14(16(24)25)18(13,2)3/h4-8,13-14H,1-3H3,(H,20,23)(H,24,25)(H,19,21,22)/t13-,14+/m0/s1. The lowest BCUT2D eigenvalue weighted by molar-refractivity contribution is -0.140. The van der Waals surface area contributed by atoms with Crippen molar-refractivity contribution in [2.24, 2.45) is 17.3 Å². The minimum absolute atomic E-state index is 0.188. The molecule has 1 aromatic carbocycles. The number of hydrogen-bond donors (Lipinski definition) is 3. The number of nitrogens with zero attached hydrogens (tertiary/aromatic N) is 1. The smallest absolute Gasteiger partial charge is 0.307 e. The van der Waals surface area contributed by atoms with Gasteiger partial charge in [-0.05, 0) is 17.5 Å². The van der Waals surface area contributed by atoms with Crippen LogP contribution in [0.3, 0.4) is 0 Å². The third-order valence-corrected chi connectivity index (χ3v) is 5.35. The van der Waals surface area contributed by atoms with Crippen molar-refractivity contribution in [2.45, 2.75) is 20.8 Å². The SMILES string of the molecule is CC(=O)Nc1nc(-c2cccc(NC(=O)[C@@H]3[C@H](C(=O)O)C3(C)C)c2)cs1. The molecule has 2 aromatic rings. The number of carboxylic acid groups (broad SMARTS) is 1. The second-order valence-corrected chi connectivity index (χ2v) is 7.76. The van der Waals surface area contributed by atoms with E-state index in [4.69, 9.17) is 0 Å². The zero-order valence-electron chi connectivity index (χ0n) is 14.6. The first-order valence-electron chi connectivity index (χ1n) is 8.07. The number of carboxylic acids is 1. The summed E-state index contributed by atoms with van der Waals surface area (Å²) in [4.78, 5) is 39.1. The summed E-state index contributed by atoms with van der Waals surface area (Å²) in [6.07, 6.45) is 0. The maximum atomic E-state index is 12.4. The van der Waals surface area contributed by atoms with Crippen LogP contribution in [0.15, 0.2) is 29.6 Å². The van der Waals surface area contributed by atoms with Crippen LogP contribution in [0.5, 0.6) is 0 Å². The quantitative estimate of drug-likeness (QED) is 0.746. The summed E-state index contributed by atoms with van der Waals surface area (Å²) in [6, 6.07) is 7.15. The molecule has 0 unspecified atom stereocenters. The van der Waals surface area contributed by atoms with Crippen LogP contribution in [0, 0.1) is 17.3 Å². The molecule has 136 valence electrons. The Balaban J connectivity index is 1.74. The predicted molar refractivity (Wildman–Crippen MR) is 98.9 cm³/mol. The molecule has 0 radical (unpaired) electrons. The van der Waals surface area contributed by atoms with Crippen LogP contribution in [0.2, 0.25) is 0 Å². The Kier molecular flexibility index (Phi) is 4.53. The molecule has 2 amide bonds. The first-order valence-corrected chi connectivity index (χ1v) is 8.95. The third kappa shape index (κ3) is 3.45. The Morgan fingerprint density at radius 3 is 2.54 bits per heavy atom. The zero-order valence-corrected chi connectivity index (χ0v) is 15.4. The van der Waals surface area contributed by atoms with Gasteiger partial charge in [-0.2, -0.15) is 0 Å². The molecule has 1 aromatic heterocycles. The number of benzene rings is 1. The van der Waals surface area contributed by atoms with Crippen LogP contribution >= 0.6 is 11.3 Å². The van der Waals surface area contributed by atoms with Gasteiger partial charge in [-0.3, -0.25) is 14.4 Å². The molecule has 7 nitrogen and oxygen atoms in total. The minimum Gasteiger partial charge on any atom is -0.481 e. The van der Waals surface area contributed by atoms with Crippen molar-refractivity contribution in [3.63, 3.8) is 0 Å². The third-order valence-electron chi connectivity index (χ3n) is 4.59. The molecular formula is C18H19N3O4S. The lowest BCUT2D eigenvalue weighted by Crippen LogP contribution is -2.17. The van der Waals surface area contributed by atoms with Crippen LogP contribution in [0.1, 0.15) is 20.8 Å². The lowest BCUT2D eigenvalue weighted by Gasteiger charge is -2.07. The molecule has 0 bridgehead atoms. The van der Waals surface area contributed by atoms with Gasteiger partial charge in [0.1, 0.15) is 0 Å². The molecule has 8 heteroatoms. The highest BCUT2D eigenvalue weighted by atomic mass is 32.1. The van der Waals surface area contributed by atoms with E-state index in [-0.39, 0.29) is 11.8 Å². The van der Waals surface area contributed by atoms with E-state index in [1.165, 1.54) is 18.3 Å². The van der Waals surface area contributed by atoms with Gasteiger partial charge in [-0.1, -0.05) is 26.0 Å². The van der Waals surface area contributed by atoms with E-state index >= 15 is 0 Å². The van der Waals surface area contributed by atoms with Gasteiger partial charge < -0.3 is 15.7 Å². The molecule has 0 saturated heterocycles. The molecule has 1 fully saturated rings. The number of amides is 2. The summed E-state index contributed by atoms with van der Waals surface area (Å²) in [5.41, 5.74) is 1.51. The molecule has 0 aliphatic heterocycles. The molecule has 3 rings (SSSR count). The largest absolute Gasteiger partial charge is 0.481 e. The van der Waals surface area contributed by atoms with E-state index in [1.807, 2.05) is 11.4 Å². The zero-order chi connectivity index (χ0) is 19.1. The van der Waals surface area contributed by atoms with Gasteiger partial charge in [0.2, 0.25) is 11.8 Å². The van der Waals surface area contributed by atoms with Crippen LogP contribution in [-0.2, 0) is 14.4 Å². The van der Waals surface area contributed by atoms with E-state index in [2.05, 4.69) is 15.6 Å². The second-order valence-electron chi connectivity index (χ2n) is 6.90. The second kappa shape index (κ2) is 6.53. The van der Waals surface area contributed by atoms with E-state index in [9.17, 15) is 19.5 Å². The number of nitrogens with one attached hydrogen (secondary N) is 2. The Morgan fingerprint density at radius 1 is 1.19 bits per heavy atom. The lowest BCUT2D eigenvalue weighted by atomic mass is 10.1. The fourth-order valence-electron chi connectivity index (χ4n) is 3.18. The Hall–Kier alpha value is -2.74. The molecule has 3 N–H and O–H groups in total. The number of hydrogen-bond acceptors (Lipinski definition) is 5. The van der Waals surface area contributed by atoms with Crippen molar-refractivity contribution in [3.05, 3.63) is 29.6 Å². The van der Waals surface area contributed by atoms with Crippen LogP contribution in [0.25, 0.3) is 11.3 Å². The van der Waals surface area contributed by atoms with E-state index < -0.39 is 23.2 Å². The van der Waals surface area contributed by atoms with Crippen molar-refractivity contribution in [3.8, 4) is 11.3 Å². The normalized spacial score (nSPS) is 20.3. The number of aliphatic carboxylic acids is 1. The molecule has 1 heterocycles. The van der Waals surface area contributed by atoms with Crippen molar-refractivity contribution in [1.29, 1.82) is 0 Å². The number of anilines is 2. The highest BCUT2D eigenvalue weighted by Gasteiger charge is 2.65. The van der Waals surface area contributed by atoms with Crippen LogP contribution < -0.4 is 10.6 Å². The summed E-state index contributed by atoms with van der Waals surface area (Å²) in [7, 11) is 0. The van der Waals surface area contributed by atoms with Gasteiger partial charge in [0, 0.05) is 23.6 Å². The Morgan fingerprint density at radius 2 is 1.92 bits per heavy atom. The van der Waals surface area contributed by atoms with Gasteiger partial charge in [0.05, 0.1) is 17.5 Å². The topological polar surface area (TPSA) is 108 Å². The summed E-state index contributed by atoms with van der Waals surface area (Å²) in [6.45, 7) is 4.98. The number of aromatic nitrogens is 1. The first kappa shape index (κ1) is 18.1. The molecule has 1 saturated carbocycles. The van der Waals surface area contributed by atoms with Gasteiger partial charge in [0.25, 0.3) is 0 Å². The fraction of sp³-hybridized carbons (Fsp3) is 0.333. The molecular weight excluding hydrogens is 354 g/mol. The number of carbonyl (C=O) groups excluding carboxylic acids is 2. The van der Waals surface area contributed by atoms with Crippen LogP contribution in [-0.4, -0.2) is 27.9 Å². The predicted octanol–water partition coefficient (Wildman–Crippen LogP) is 3.06. The van der Waals surface area contributed by atoms with Crippen molar-refractivity contribution in [2.75, 3.05) is 10.6 Å². The van der Waals surface area contributed by atoms with Gasteiger partial charge in [0.15, 0.2) is 5.13 Å². The number of rotatable bonds is 5. The van der Waals surface area contributed by atoms with Gasteiger partial charge >= 0.3 is 5.97 Å². The van der Waals surface area contributed by atoms with E-state index in [0.29, 0.717) is 16.5 Å². The van der Waals surface area contributed by atoms with E-state index in [0.717, 1.165) is 5.56 Å². The highest BCUT2D eigenvalue weighted by molar-refractivity contribution is 7.14. The average Bonchev–Trinajstić information content (AvgIpc) is 2.88. The van der Waals surface area contributed by atoms with Crippen molar-refractivity contribution >= 4 is 39.9 Å². The Labute approximate surface area is 154 Å². The van der Waals surface area contributed by atoms with Gasteiger partial charge in [-0.25, -0.2) is 4.98 Å². The van der Waals surface area contributed by atoms with Crippen LogP contribution in [0.4, 0.5) is 10.8 Å². The van der Waals surface area contributed by atoms with Crippen molar-refractivity contribution < 1.29 is 19.5 Å². The number of thiazole rings is 1. The monoisotopic (exact) mass is 373 g/mol. The maximum absolute atomic E-state index is 12.4. The summed E-state index contributed by atoms with van der Waals surface area (Å²) < 4.78 is 0. The molecule has 1 aliphatic rings. The first-order chi connectivity index (χ1) is 12.2.